The zero-order valence-corrected chi connectivity index (χ0v) is 17.2. The number of aryl methyl sites for hydroxylation is 2. The second-order valence-electron chi connectivity index (χ2n) is 7.06. The van der Waals surface area contributed by atoms with Gasteiger partial charge in [0.15, 0.2) is 0 Å². The summed E-state index contributed by atoms with van der Waals surface area (Å²) in [5.74, 6) is -0.112. The molecule has 0 aliphatic rings. The van der Waals surface area contributed by atoms with E-state index >= 15 is 0 Å². The molecule has 0 unspecified atom stereocenters. The highest BCUT2D eigenvalue weighted by Gasteiger charge is 2.19. The third kappa shape index (κ3) is 3.89. The Morgan fingerprint density at radius 3 is 2.41 bits per heavy atom. The Labute approximate surface area is 175 Å². The minimum atomic E-state index is -0.112. The Balaban J connectivity index is 1.57. The summed E-state index contributed by atoms with van der Waals surface area (Å²) in [5.41, 5.74) is 5.80. The number of hydrogen-bond acceptors (Lipinski definition) is 2. The number of halogens is 1. The first-order valence-electron chi connectivity index (χ1n) is 9.64. The normalized spacial score (nSPS) is 11.0. The van der Waals surface area contributed by atoms with Crippen LogP contribution in [0.5, 0.6) is 0 Å². The number of anilines is 1. The number of amides is 1. The van der Waals surface area contributed by atoms with Crippen molar-refractivity contribution in [3.05, 3.63) is 94.4 Å². The second kappa shape index (κ2) is 8.10. The van der Waals surface area contributed by atoms with Crippen LogP contribution in [0.15, 0.2) is 67.0 Å². The molecule has 0 saturated heterocycles. The van der Waals surface area contributed by atoms with Crippen molar-refractivity contribution < 1.29 is 4.79 Å². The van der Waals surface area contributed by atoms with E-state index in [2.05, 4.69) is 10.3 Å². The Morgan fingerprint density at radius 1 is 1.03 bits per heavy atom. The van der Waals surface area contributed by atoms with Crippen molar-refractivity contribution >= 4 is 34.1 Å². The van der Waals surface area contributed by atoms with Crippen molar-refractivity contribution in [1.82, 2.24) is 9.55 Å². The zero-order valence-electron chi connectivity index (χ0n) is 16.4. The smallest absolute Gasteiger partial charge is 0.272 e. The molecule has 0 aliphatic heterocycles. The predicted molar refractivity (Wildman–Crippen MR) is 119 cm³/mol. The first-order chi connectivity index (χ1) is 14.1. The third-order valence-corrected chi connectivity index (χ3v) is 5.41. The lowest BCUT2D eigenvalue weighted by Crippen LogP contribution is -2.17. The summed E-state index contributed by atoms with van der Waals surface area (Å²) in [4.78, 5) is 17.1. The Bertz CT molecular complexity index is 1160. The number of benzene rings is 2. The molecule has 2 heterocycles. The van der Waals surface area contributed by atoms with E-state index in [4.69, 9.17) is 11.6 Å². The van der Waals surface area contributed by atoms with E-state index < -0.39 is 0 Å². The molecule has 0 bridgehead atoms. The molecule has 2 aromatic heterocycles. The number of carbonyl (C=O) groups excluding carboxylic acids is 1. The molecule has 146 valence electrons. The van der Waals surface area contributed by atoms with Crippen LogP contribution in [0.1, 0.15) is 34.1 Å². The maximum Gasteiger partial charge on any atom is 0.272 e. The van der Waals surface area contributed by atoms with Crippen LogP contribution in [-0.2, 0) is 13.0 Å². The number of aromatic nitrogens is 2. The fourth-order valence-electron chi connectivity index (χ4n) is 3.75. The highest BCUT2D eigenvalue weighted by Crippen LogP contribution is 2.29. The van der Waals surface area contributed by atoms with Gasteiger partial charge in [0.05, 0.1) is 0 Å². The molecule has 0 radical (unpaired) electrons. The highest BCUT2D eigenvalue weighted by atomic mass is 35.5. The van der Waals surface area contributed by atoms with Gasteiger partial charge in [-0.2, -0.15) is 0 Å². The van der Waals surface area contributed by atoms with E-state index in [0.717, 1.165) is 28.6 Å². The van der Waals surface area contributed by atoms with Crippen LogP contribution in [0.25, 0.3) is 10.9 Å². The summed E-state index contributed by atoms with van der Waals surface area (Å²) in [6.07, 6.45) is 4.43. The number of fused-ring (bicyclic) bond motifs is 1. The molecule has 1 amide bonds. The van der Waals surface area contributed by atoms with Crippen LogP contribution in [0.4, 0.5) is 5.69 Å². The Kier molecular flexibility index (Phi) is 5.36. The summed E-state index contributed by atoms with van der Waals surface area (Å²) in [6, 6.07) is 17.7. The number of rotatable bonds is 5. The average Bonchev–Trinajstić information content (AvgIpc) is 3.01. The lowest BCUT2D eigenvalue weighted by Gasteiger charge is -2.10. The van der Waals surface area contributed by atoms with Gasteiger partial charge in [0.1, 0.15) is 5.69 Å². The summed E-state index contributed by atoms with van der Waals surface area (Å²) >= 11 is 6.16. The molecule has 1 N–H and O–H groups in total. The minimum absolute atomic E-state index is 0.112. The van der Waals surface area contributed by atoms with Gasteiger partial charge >= 0.3 is 0 Å². The lowest BCUT2D eigenvalue weighted by molar-refractivity contribution is 0.101. The number of nitrogens with one attached hydrogen (secondary N) is 1. The molecule has 4 rings (SSSR count). The largest absolute Gasteiger partial charge is 0.337 e. The van der Waals surface area contributed by atoms with Gasteiger partial charge in [-0.1, -0.05) is 23.7 Å². The summed E-state index contributed by atoms with van der Waals surface area (Å²) in [7, 11) is 0. The van der Waals surface area contributed by atoms with E-state index in [1.165, 1.54) is 11.1 Å². The Morgan fingerprint density at radius 2 is 1.72 bits per heavy atom. The van der Waals surface area contributed by atoms with Gasteiger partial charge in [-0.3, -0.25) is 9.78 Å². The molecule has 4 nitrogen and oxygen atoms in total. The van der Waals surface area contributed by atoms with Crippen LogP contribution in [0.3, 0.4) is 0 Å². The minimum Gasteiger partial charge on any atom is -0.337 e. The van der Waals surface area contributed by atoms with Crippen LogP contribution in [-0.4, -0.2) is 15.5 Å². The Hall–Kier alpha value is -3.11. The first kappa shape index (κ1) is 19.2. The molecule has 0 fully saturated rings. The van der Waals surface area contributed by atoms with Crippen LogP contribution in [0, 0.1) is 6.92 Å². The highest BCUT2D eigenvalue weighted by molar-refractivity contribution is 6.31. The van der Waals surface area contributed by atoms with Crippen molar-refractivity contribution in [3.63, 3.8) is 0 Å². The van der Waals surface area contributed by atoms with Gasteiger partial charge in [-0.05, 0) is 79.4 Å². The number of nitrogens with zero attached hydrogens (tertiary/aromatic N) is 2. The van der Waals surface area contributed by atoms with E-state index in [1.807, 2.05) is 73.0 Å². The SMILES string of the molecule is CCn1c(C(=O)Nc2ccc(Cc3ccncc3)cc2)c(C)c2cc(Cl)ccc21. The quantitative estimate of drug-likeness (QED) is 0.453. The molecule has 4 aromatic rings. The molecule has 0 atom stereocenters. The molecule has 0 saturated carbocycles. The second-order valence-corrected chi connectivity index (χ2v) is 7.50. The predicted octanol–water partition coefficient (Wildman–Crippen LogP) is 5.86. The van der Waals surface area contributed by atoms with E-state index in [0.29, 0.717) is 17.3 Å². The molecule has 0 spiro atoms. The van der Waals surface area contributed by atoms with Gasteiger partial charge in [-0.15, -0.1) is 0 Å². The van der Waals surface area contributed by atoms with Crippen molar-refractivity contribution in [2.45, 2.75) is 26.8 Å². The van der Waals surface area contributed by atoms with E-state index in [1.54, 1.807) is 12.4 Å². The molecular weight excluding hydrogens is 382 g/mol. The van der Waals surface area contributed by atoms with Gasteiger partial charge in [-0.25, -0.2) is 0 Å². The lowest BCUT2D eigenvalue weighted by atomic mass is 10.1. The van der Waals surface area contributed by atoms with Crippen molar-refractivity contribution in [3.8, 4) is 0 Å². The van der Waals surface area contributed by atoms with Crippen LogP contribution in [0.2, 0.25) is 5.02 Å². The number of carbonyl (C=O) groups is 1. The maximum atomic E-state index is 13.1. The first-order valence-corrected chi connectivity index (χ1v) is 10.0. The number of hydrogen-bond donors (Lipinski definition) is 1. The van der Waals surface area contributed by atoms with Crippen molar-refractivity contribution in [1.29, 1.82) is 0 Å². The zero-order chi connectivity index (χ0) is 20.4. The maximum absolute atomic E-state index is 13.1. The van der Waals surface area contributed by atoms with Gasteiger partial charge in [0, 0.05) is 40.6 Å². The van der Waals surface area contributed by atoms with Crippen molar-refractivity contribution in [2.24, 2.45) is 0 Å². The number of pyridine rings is 1. The third-order valence-electron chi connectivity index (χ3n) is 5.18. The molecule has 29 heavy (non-hydrogen) atoms. The summed E-state index contributed by atoms with van der Waals surface area (Å²) < 4.78 is 2.04. The monoisotopic (exact) mass is 403 g/mol. The fraction of sp³-hybridized carbons (Fsp3) is 0.167. The van der Waals surface area contributed by atoms with Crippen LogP contribution >= 0.6 is 11.6 Å². The van der Waals surface area contributed by atoms with Gasteiger partial charge in [0.2, 0.25) is 0 Å². The molecule has 0 aliphatic carbocycles. The molecular formula is C24H22ClN3O. The summed E-state index contributed by atoms with van der Waals surface area (Å²) in [5, 5.41) is 4.72. The average molecular weight is 404 g/mol. The molecule has 2 aromatic carbocycles. The standard InChI is InChI=1S/C24H22ClN3O/c1-3-28-22-9-6-19(25)15-21(22)16(2)23(28)24(29)27-20-7-4-17(5-8-20)14-18-10-12-26-13-11-18/h4-13,15H,3,14H2,1-2H3,(H,27,29). The molecule has 5 heteroatoms. The topological polar surface area (TPSA) is 46.9 Å². The van der Waals surface area contributed by atoms with Crippen molar-refractivity contribution in [2.75, 3.05) is 5.32 Å². The fourth-order valence-corrected chi connectivity index (χ4v) is 3.92. The van der Waals surface area contributed by atoms with Gasteiger partial charge in [0.25, 0.3) is 5.91 Å². The summed E-state index contributed by atoms with van der Waals surface area (Å²) in [6.45, 7) is 4.72. The van der Waals surface area contributed by atoms with Gasteiger partial charge < -0.3 is 9.88 Å². The van der Waals surface area contributed by atoms with E-state index in [9.17, 15) is 4.79 Å². The van der Waals surface area contributed by atoms with E-state index in [-0.39, 0.29) is 5.91 Å². The van der Waals surface area contributed by atoms with Crippen LogP contribution < -0.4 is 5.32 Å².